The molecule has 0 aliphatic rings. The molecule has 0 saturated carbocycles. The monoisotopic (exact) mass is 291 g/mol. The van der Waals surface area contributed by atoms with Crippen LogP contribution < -0.4 is 5.32 Å². The van der Waals surface area contributed by atoms with Crippen LogP contribution in [0, 0.1) is 18.6 Å². The Morgan fingerprint density at radius 3 is 2.48 bits per heavy atom. The lowest BCUT2D eigenvalue weighted by molar-refractivity contribution is 0.455. The van der Waals surface area contributed by atoms with Gasteiger partial charge >= 0.3 is 0 Å². The van der Waals surface area contributed by atoms with Crippen molar-refractivity contribution in [3.05, 3.63) is 64.7 Å². The van der Waals surface area contributed by atoms with Gasteiger partial charge < -0.3 is 10.4 Å². The molecule has 21 heavy (non-hydrogen) atoms. The molecule has 112 valence electrons. The molecule has 0 heterocycles. The van der Waals surface area contributed by atoms with Gasteiger partial charge in [-0.05, 0) is 38.5 Å². The summed E-state index contributed by atoms with van der Waals surface area (Å²) in [5, 5.41) is 12.9. The van der Waals surface area contributed by atoms with Gasteiger partial charge in [-0.25, -0.2) is 8.78 Å². The number of nitrogens with one attached hydrogen (secondary N) is 1. The van der Waals surface area contributed by atoms with Gasteiger partial charge in [0.1, 0.15) is 17.4 Å². The van der Waals surface area contributed by atoms with Gasteiger partial charge in [-0.3, -0.25) is 0 Å². The third-order valence-electron chi connectivity index (χ3n) is 3.45. The minimum absolute atomic E-state index is 0.0889. The van der Waals surface area contributed by atoms with Crippen LogP contribution >= 0.6 is 0 Å². The fourth-order valence-electron chi connectivity index (χ4n) is 2.25. The quantitative estimate of drug-likeness (QED) is 0.880. The largest absolute Gasteiger partial charge is 0.508 e. The molecule has 0 saturated heterocycles. The van der Waals surface area contributed by atoms with E-state index in [-0.39, 0.29) is 23.8 Å². The van der Waals surface area contributed by atoms with Crippen molar-refractivity contribution in [2.45, 2.75) is 32.9 Å². The van der Waals surface area contributed by atoms with Gasteiger partial charge in [0, 0.05) is 23.7 Å². The standard InChI is InChI=1S/C17H19F2NO/c1-11-6-7-17(21)13(8-11)10-20-12(2)9-14-15(18)4-3-5-16(14)19/h3-8,12,20-21H,9-10H2,1-2H3. The molecule has 0 aliphatic carbocycles. The van der Waals surface area contributed by atoms with Gasteiger partial charge in [-0.1, -0.05) is 23.8 Å². The number of hydrogen-bond acceptors (Lipinski definition) is 2. The van der Waals surface area contributed by atoms with Gasteiger partial charge in [0.05, 0.1) is 0 Å². The molecular formula is C17H19F2NO. The van der Waals surface area contributed by atoms with E-state index in [9.17, 15) is 13.9 Å². The number of rotatable bonds is 5. The molecule has 0 aliphatic heterocycles. The highest BCUT2D eigenvalue weighted by Gasteiger charge is 2.12. The van der Waals surface area contributed by atoms with Gasteiger partial charge in [0.25, 0.3) is 0 Å². The van der Waals surface area contributed by atoms with Crippen LogP contribution in [-0.4, -0.2) is 11.1 Å². The number of aromatic hydroxyl groups is 1. The smallest absolute Gasteiger partial charge is 0.129 e. The first-order chi connectivity index (χ1) is 9.97. The third-order valence-corrected chi connectivity index (χ3v) is 3.45. The predicted molar refractivity (Wildman–Crippen MR) is 79.2 cm³/mol. The third kappa shape index (κ3) is 4.02. The van der Waals surface area contributed by atoms with Crippen LogP contribution in [0.2, 0.25) is 0 Å². The van der Waals surface area contributed by atoms with E-state index in [2.05, 4.69) is 5.32 Å². The lowest BCUT2D eigenvalue weighted by atomic mass is 10.0. The summed E-state index contributed by atoms with van der Waals surface area (Å²) in [6.45, 7) is 4.25. The van der Waals surface area contributed by atoms with E-state index in [1.807, 2.05) is 26.0 Å². The van der Waals surface area contributed by atoms with Crippen molar-refractivity contribution in [3.63, 3.8) is 0 Å². The Labute approximate surface area is 123 Å². The van der Waals surface area contributed by atoms with Crippen LogP contribution in [0.4, 0.5) is 8.78 Å². The first kappa shape index (κ1) is 15.4. The fourth-order valence-corrected chi connectivity index (χ4v) is 2.25. The topological polar surface area (TPSA) is 32.3 Å². The van der Waals surface area contributed by atoms with Crippen molar-refractivity contribution in [1.82, 2.24) is 5.32 Å². The van der Waals surface area contributed by atoms with Gasteiger partial charge in [-0.15, -0.1) is 0 Å². The van der Waals surface area contributed by atoms with E-state index < -0.39 is 11.6 Å². The minimum atomic E-state index is -0.526. The maximum absolute atomic E-state index is 13.6. The highest BCUT2D eigenvalue weighted by atomic mass is 19.1. The van der Waals surface area contributed by atoms with Gasteiger partial charge in [0.2, 0.25) is 0 Å². The van der Waals surface area contributed by atoms with E-state index >= 15 is 0 Å². The summed E-state index contributed by atoms with van der Waals surface area (Å²) in [6.07, 6.45) is 0.255. The normalized spacial score (nSPS) is 12.4. The van der Waals surface area contributed by atoms with Gasteiger partial charge in [0.15, 0.2) is 0 Å². The van der Waals surface area contributed by atoms with E-state index in [0.29, 0.717) is 6.54 Å². The number of benzene rings is 2. The molecule has 2 aromatic carbocycles. The second kappa shape index (κ2) is 6.68. The number of hydrogen-bond donors (Lipinski definition) is 2. The summed E-state index contributed by atoms with van der Waals surface area (Å²) in [7, 11) is 0. The van der Waals surface area contributed by atoms with Crippen LogP contribution in [0.3, 0.4) is 0 Å². The first-order valence-electron chi connectivity index (χ1n) is 6.92. The van der Waals surface area contributed by atoms with Crippen LogP contribution in [0.15, 0.2) is 36.4 Å². The number of phenols is 1. The van der Waals surface area contributed by atoms with E-state index in [4.69, 9.17) is 0 Å². The minimum Gasteiger partial charge on any atom is -0.508 e. The van der Waals surface area contributed by atoms with Crippen molar-refractivity contribution in [2.24, 2.45) is 0 Å². The molecule has 2 aromatic rings. The molecule has 0 aromatic heterocycles. The van der Waals surface area contributed by atoms with E-state index in [1.54, 1.807) is 6.07 Å². The number of phenolic OH excluding ortho intramolecular Hbond substituents is 1. The zero-order valence-electron chi connectivity index (χ0n) is 12.2. The van der Waals surface area contributed by atoms with Crippen LogP contribution in [-0.2, 0) is 13.0 Å². The summed E-state index contributed by atoms with van der Waals surface area (Å²) >= 11 is 0. The van der Waals surface area contributed by atoms with Gasteiger partial charge in [-0.2, -0.15) is 0 Å². The lowest BCUT2D eigenvalue weighted by Crippen LogP contribution is -2.28. The Morgan fingerprint density at radius 2 is 1.81 bits per heavy atom. The van der Waals surface area contributed by atoms with E-state index in [0.717, 1.165) is 11.1 Å². The maximum atomic E-state index is 13.6. The average Bonchev–Trinajstić information content (AvgIpc) is 2.44. The van der Waals surface area contributed by atoms with Crippen LogP contribution in [0.1, 0.15) is 23.6 Å². The summed E-state index contributed by atoms with van der Waals surface area (Å²) in [4.78, 5) is 0. The molecular weight excluding hydrogens is 272 g/mol. The van der Waals surface area contributed by atoms with Crippen molar-refractivity contribution < 1.29 is 13.9 Å². The Hall–Kier alpha value is -1.94. The molecule has 2 rings (SSSR count). The van der Waals surface area contributed by atoms with Crippen LogP contribution in [0.5, 0.6) is 5.75 Å². The molecule has 0 amide bonds. The second-order valence-electron chi connectivity index (χ2n) is 5.32. The van der Waals surface area contributed by atoms with Crippen molar-refractivity contribution in [2.75, 3.05) is 0 Å². The summed E-state index contributed by atoms with van der Waals surface area (Å²) in [6, 6.07) is 9.13. The Balaban J connectivity index is 1.99. The molecule has 2 N–H and O–H groups in total. The zero-order valence-corrected chi connectivity index (χ0v) is 12.2. The maximum Gasteiger partial charge on any atom is 0.129 e. The number of halogens is 2. The molecule has 1 unspecified atom stereocenters. The summed E-state index contributed by atoms with van der Waals surface area (Å²) in [5.74, 6) is -0.832. The fraction of sp³-hybridized carbons (Fsp3) is 0.294. The molecule has 1 atom stereocenters. The Kier molecular flexibility index (Phi) is 4.91. The molecule has 0 fully saturated rings. The molecule has 4 heteroatoms. The van der Waals surface area contributed by atoms with Crippen molar-refractivity contribution in [3.8, 4) is 5.75 Å². The predicted octanol–water partition coefficient (Wildman–Crippen LogP) is 3.70. The first-order valence-corrected chi connectivity index (χ1v) is 6.92. The Bertz CT molecular complexity index is 608. The Morgan fingerprint density at radius 1 is 1.14 bits per heavy atom. The second-order valence-corrected chi connectivity index (χ2v) is 5.32. The molecule has 0 bridgehead atoms. The summed E-state index contributed by atoms with van der Waals surface area (Å²) in [5.41, 5.74) is 1.92. The number of aryl methyl sites for hydroxylation is 1. The molecule has 0 spiro atoms. The van der Waals surface area contributed by atoms with Crippen molar-refractivity contribution >= 4 is 0 Å². The molecule has 0 radical (unpaired) electrons. The zero-order chi connectivity index (χ0) is 15.4. The molecule has 2 nitrogen and oxygen atoms in total. The lowest BCUT2D eigenvalue weighted by Gasteiger charge is -2.15. The van der Waals surface area contributed by atoms with Crippen LogP contribution in [0.25, 0.3) is 0 Å². The average molecular weight is 291 g/mol. The highest BCUT2D eigenvalue weighted by Crippen LogP contribution is 2.19. The van der Waals surface area contributed by atoms with E-state index in [1.165, 1.54) is 18.2 Å². The summed E-state index contributed by atoms with van der Waals surface area (Å²) < 4.78 is 27.2. The van der Waals surface area contributed by atoms with Crippen molar-refractivity contribution in [1.29, 1.82) is 0 Å². The highest BCUT2D eigenvalue weighted by molar-refractivity contribution is 5.35. The SMILES string of the molecule is Cc1ccc(O)c(CNC(C)Cc2c(F)cccc2F)c1.